The number of carbonyl (C=O) groups is 1. The van der Waals surface area contributed by atoms with Gasteiger partial charge in [0.25, 0.3) is 5.91 Å². The van der Waals surface area contributed by atoms with Gasteiger partial charge in [-0.05, 0) is 43.7 Å². The number of benzene rings is 1. The highest BCUT2D eigenvalue weighted by molar-refractivity contribution is 6.31. The first-order valence-electron chi connectivity index (χ1n) is 8.53. The quantitative estimate of drug-likeness (QED) is 0.667. The first-order valence-corrected chi connectivity index (χ1v) is 8.90. The molecule has 0 aliphatic carbocycles. The van der Waals surface area contributed by atoms with Crippen molar-refractivity contribution in [2.45, 2.75) is 26.9 Å². The molecule has 0 atom stereocenters. The molecule has 3 aromatic rings. The van der Waals surface area contributed by atoms with Crippen LogP contribution in [0.2, 0.25) is 5.02 Å². The second-order valence-electron chi connectivity index (χ2n) is 6.44. The van der Waals surface area contributed by atoms with E-state index in [2.05, 4.69) is 9.55 Å². The first-order chi connectivity index (χ1) is 12.5. The number of pyridine rings is 1. The maximum Gasteiger partial charge on any atom is 0.255 e. The topological polar surface area (TPSA) is 38.1 Å². The van der Waals surface area contributed by atoms with Crippen molar-refractivity contribution >= 4 is 17.5 Å². The Morgan fingerprint density at radius 3 is 2.58 bits per heavy atom. The molecule has 2 heterocycles. The molecule has 0 bridgehead atoms. The molecule has 0 unspecified atom stereocenters. The summed E-state index contributed by atoms with van der Waals surface area (Å²) in [7, 11) is 1.80. The van der Waals surface area contributed by atoms with Crippen molar-refractivity contribution < 1.29 is 4.79 Å². The molecule has 26 heavy (non-hydrogen) atoms. The molecule has 0 spiro atoms. The number of nitrogens with zero attached hydrogens (tertiary/aromatic N) is 3. The lowest BCUT2D eigenvalue weighted by Gasteiger charge is -2.18. The van der Waals surface area contributed by atoms with Crippen LogP contribution < -0.4 is 0 Å². The Bertz CT molecular complexity index is 918. The number of hydrogen-bond donors (Lipinski definition) is 0. The van der Waals surface area contributed by atoms with Gasteiger partial charge in [-0.25, -0.2) is 0 Å². The Balaban J connectivity index is 1.81. The zero-order valence-electron chi connectivity index (χ0n) is 15.2. The van der Waals surface area contributed by atoms with Gasteiger partial charge < -0.3 is 9.47 Å². The van der Waals surface area contributed by atoms with Crippen molar-refractivity contribution in [1.29, 1.82) is 0 Å². The molecule has 0 radical (unpaired) electrons. The molecule has 0 aliphatic heterocycles. The number of halogens is 1. The summed E-state index contributed by atoms with van der Waals surface area (Å²) in [5.41, 5.74) is 4.62. The Hall–Kier alpha value is -2.59. The van der Waals surface area contributed by atoms with Crippen LogP contribution in [-0.4, -0.2) is 27.4 Å². The van der Waals surface area contributed by atoms with Crippen molar-refractivity contribution in [3.63, 3.8) is 0 Å². The number of rotatable bonds is 5. The summed E-state index contributed by atoms with van der Waals surface area (Å²) in [5, 5.41) is 0.674. The van der Waals surface area contributed by atoms with Crippen LogP contribution >= 0.6 is 11.6 Å². The van der Waals surface area contributed by atoms with Crippen LogP contribution in [0.5, 0.6) is 0 Å². The van der Waals surface area contributed by atoms with Crippen molar-refractivity contribution in [1.82, 2.24) is 14.5 Å². The van der Waals surface area contributed by atoms with Crippen LogP contribution in [-0.2, 0) is 13.1 Å². The number of hydrogen-bond acceptors (Lipinski definition) is 2. The SMILES string of the molecule is Cc1cc(C(=O)N(C)Cc2ccccc2Cl)c(C)n1Cc1ccccn1. The van der Waals surface area contributed by atoms with Crippen LogP contribution in [0, 0.1) is 13.8 Å². The average Bonchev–Trinajstić information content (AvgIpc) is 2.92. The van der Waals surface area contributed by atoms with E-state index in [1.807, 2.05) is 62.4 Å². The van der Waals surface area contributed by atoms with Crippen LogP contribution in [0.4, 0.5) is 0 Å². The van der Waals surface area contributed by atoms with E-state index in [1.165, 1.54) is 0 Å². The van der Waals surface area contributed by atoms with Gasteiger partial charge in [0.2, 0.25) is 0 Å². The second-order valence-corrected chi connectivity index (χ2v) is 6.85. The van der Waals surface area contributed by atoms with Gasteiger partial charge in [-0.2, -0.15) is 0 Å². The molecule has 1 amide bonds. The highest BCUT2D eigenvalue weighted by atomic mass is 35.5. The summed E-state index contributed by atoms with van der Waals surface area (Å²) >= 11 is 6.22. The molecule has 5 heteroatoms. The third-order valence-corrected chi connectivity index (χ3v) is 4.93. The van der Waals surface area contributed by atoms with Crippen LogP contribution in [0.3, 0.4) is 0 Å². The molecule has 0 aliphatic rings. The van der Waals surface area contributed by atoms with E-state index in [9.17, 15) is 4.79 Å². The molecule has 1 aromatic carbocycles. The molecule has 2 aromatic heterocycles. The van der Waals surface area contributed by atoms with Gasteiger partial charge in [-0.15, -0.1) is 0 Å². The van der Waals surface area contributed by atoms with E-state index < -0.39 is 0 Å². The van der Waals surface area contributed by atoms with Gasteiger partial charge in [0, 0.05) is 36.2 Å². The van der Waals surface area contributed by atoms with E-state index in [1.54, 1.807) is 18.1 Å². The lowest BCUT2D eigenvalue weighted by Crippen LogP contribution is -2.26. The predicted octanol–water partition coefficient (Wildman–Crippen LogP) is 4.47. The Morgan fingerprint density at radius 1 is 1.15 bits per heavy atom. The fourth-order valence-electron chi connectivity index (χ4n) is 3.07. The van der Waals surface area contributed by atoms with Crippen molar-refractivity contribution in [3.05, 3.63) is 88.0 Å². The molecular weight excluding hydrogens is 346 g/mol. The molecule has 0 saturated heterocycles. The fraction of sp³-hybridized carbons (Fsp3) is 0.238. The first kappa shape index (κ1) is 18.2. The van der Waals surface area contributed by atoms with Crippen molar-refractivity contribution in [2.75, 3.05) is 7.05 Å². The zero-order valence-corrected chi connectivity index (χ0v) is 16.0. The lowest BCUT2D eigenvalue weighted by atomic mass is 10.2. The summed E-state index contributed by atoms with van der Waals surface area (Å²) < 4.78 is 2.12. The highest BCUT2D eigenvalue weighted by Crippen LogP contribution is 2.21. The maximum absolute atomic E-state index is 13.0. The van der Waals surface area contributed by atoms with Crippen molar-refractivity contribution in [2.24, 2.45) is 0 Å². The number of carbonyl (C=O) groups excluding carboxylic acids is 1. The van der Waals surface area contributed by atoms with Crippen molar-refractivity contribution in [3.8, 4) is 0 Å². The number of amides is 1. The number of aromatic nitrogens is 2. The van der Waals surface area contributed by atoms with E-state index in [-0.39, 0.29) is 5.91 Å². The molecule has 0 N–H and O–H groups in total. The minimum Gasteiger partial charge on any atom is -0.342 e. The van der Waals surface area contributed by atoms with E-state index in [4.69, 9.17) is 11.6 Å². The summed E-state index contributed by atoms with van der Waals surface area (Å²) in [5.74, 6) is -0.00899. The average molecular weight is 368 g/mol. The molecule has 3 rings (SSSR count). The zero-order chi connectivity index (χ0) is 18.7. The minimum atomic E-state index is -0.00899. The van der Waals surface area contributed by atoms with Gasteiger partial charge in [0.05, 0.1) is 17.8 Å². The van der Waals surface area contributed by atoms with Crippen LogP contribution in [0.15, 0.2) is 54.7 Å². The molecule has 134 valence electrons. The summed E-state index contributed by atoms with van der Waals surface area (Å²) in [6.45, 7) is 5.12. The smallest absolute Gasteiger partial charge is 0.255 e. The largest absolute Gasteiger partial charge is 0.342 e. The van der Waals surface area contributed by atoms with Crippen LogP contribution in [0.1, 0.15) is 33.0 Å². The molecular formula is C21H22ClN3O. The van der Waals surface area contributed by atoms with Gasteiger partial charge in [0.15, 0.2) is 0 Å². The summed E-state index contributed by atoms with van der Waals surface area (Å²) in [4.78, 5) is 19.0. The molecule has 0 fully saturated rings. The Kier molecular flexibility index (Phi) is 5.43. The summed E-state index contributed by atoms with van der Waals surface area (Å²) in [6, 6.07) is 15.4. The monoisotopic (exact) mass is 367 g/mol. The van der Waals surface area contributed by atoms with Gasteiger partial charge in [0.1, 0.15) is 0 Å². The summed E-state index contributed by atoms with van der Waals surface area (Å²) in [6.07, 6.45) is 1.78. The highest BCUT2D eigenvalue weighted by Gasteiger charge is 2.20. The third-order valence-electron chi connectivity index (χ3n) is 4.56. The van der Waals surface area contributed by atoms with Gasteiger partial charge in [-0.3, -0.25) is 9.78 Å². The fourth-order valence-corrected chi connectivity index (χ4v) is 3.27. The number of aryl methyl sites for hydroxylation is 1. The molecule has 0 saturated carbocycles. The van der Waals surface area contributed by atoms with Gasteiger partial charge in [-0.1, -0.05) is 35.9 Å². The minimum absolute atomic E-state index is 0.00899. The second kappa shape index (κ2) is 7.75. The predicted molar refractivity (Wildman–Crippen MR) is 104 cm³/mol. The van der Waals surface area contributed by atoms with E-state index >= 15 is 0 Å². The van der Waals surface area contributed by atoms with E-state index in [0.717, 1.165) is 22.6 Å². The maximum atomic E-state index is 13.0. The van der Waals surface area contributed by atoms with Gasteiger partial charge >= 0.3 is 0 Å². The normalized spacial score (nSPS) is 10.8. The van der Waals surface area contributed by atoms with Crippen LogP contribution in [0.25, 0.3) is 0 Å². The molecule has 4 nitrogen and oxygen atoms in total. The lowest BCUT2D eigenvalue weighted by molar-refractivity contribution is 0.0784. The Labute approximate surface area is 159 Å². The standard InChI is InChI=1S/C21H22ClN3O/c1-15-12-19(16(2)25(15)14-18-9-6-7-11-23-18)21(26)24(3)13-17-8-4-5-10-20(17)22/h4-12H,13-14H2,1-3H3. The van der Waals surface area contributed by atoms with E-state index in [0.29, 0.717) is 23.7 Å². The Morgan fingerprint density at radius 2 is 1.88 bits per heavy atom. The third kappa shape index (κ3) is 3.81.